The molecule has 1 nitrogen and oxygen atoms in total. The Kier molecular flexibility index (Phi) is 2.87. The van der Waals surface area contributed by atoms with E-state index in [-0.39, 0.29) is 5.75 Å². The lowest BCUT2D eigenvalue weighted by atomic mass is 10.2. The largest absolute Gasteiger partial charge is 0.451 e. The van der Waals surface area contributed by atoms with Crippen LogP contribution in [-0.2, 0) is 0 Å². The third kappa shape index (κ3) is 2.92. The first-order chi connectivity index (χ1) is 5.49. The van der Waals surface area contributed by atoms with Gasteiger partial charge in [0.15, 0.2) is 0 Å². The summed E-state index contributed by atoms with van der Waals surface area (Å²) in [4.78, 5) is 0. The van der Waals surface area contributed by atoms with E-state index >= 15 is 0 Å². The summed E-state index contributed by atoms with van der Waals surface area (Å²) in [6.45, 7) is 1.72. The second kappa shape index (κ2) is 3.55. The smallest absolute Gasteiger partial charge is 0.425 e. The molecule has 0 N–H and O–H groups in total. The maximum absolute atomic E-state index is 12.4. The Bertz CT molecular complexity index is 270. The van der Waals surface area contributed by atoms with E-state index < -0.39 is 4.12 Å². The summed E-state index contributed by atoms with van der Waals surface area (Å²) in [5.41, 5.74) is 0.703. The van der Waals surface area contributed by atoms with E-state index in [1.54, 1.807) is 25.1 Å². The Morgan fingerprint density at radius 3 is 2.42 bits per heavy atom. The summed E-state index contributed by atoms with van der Waals surface area (Å²) in [5, 5.41) is 0. The van der Waals surface area contributed by atoms with Crippen molar-refractivity contribution >= 4 is 22.6 Å². The first-order valence-corrected chi connectivity index (χ1v) is 4.38. The fourth-order valence-corrected chi connectivity index (χ4v) is 1.03. The number of rotatable bonds is 2. The molecule has 0 aliphatic rings. The highest BCUT2D eigenvalue weighted by Crippen LogP contribution is 2.29. The predicted octanol–water partition coefficient (Wildman–Crippen LogP) is 3.36. The van der Waals surface area contributed by atoms with Crippen molar-refractivity contribution in [2.75, 3.05) is 0 Å². The van der Waals surface area contributed by atoms with Crippen molar-refractivity contribution in [3.8, 4) is 5.75 Å². The van der Waals surface area contributed by atoms with Gasteiger partial charge in [-0.25, -0.2) is 0 Å². The van der Waals surface area contributed by atoms with Crippen molar-refractivity contribution < 1.29 is 13.5 Å². The molecule has 0 amide bonds. The summed E-state index contributed by atoms with van der Waals surface area (Å²) < 4.78 is 26.0. The van der Waals surface area contributed by atoms with Crippen LogP contribution in [-0.4, -0.2) is 4.12 Å². The lowest BCUT2D eigenvalue weighted by Gasteiger charge is -2.12. The van der Waals surface area contributed by atoms with Crippen molar-refractivity contribution in [1.29, 1.82) is 0 Å². The molecule has 0 atom stereocenters. The number of ether oxygens (including phenoxy) is 1. The summed E-state index contributed by atoms with van der Waals surface area (Å²) in [7, 11) is 0. The Morgan fingerprint density at radius 1 is 1.33 bits per heavy atom. The molecular formula is C8H7F2IO. The Hall–Kier alpha value is -0.390. The van der Waals surface area contributed by atoms with Gasteiger partial charge >= 0.3 is 4.12 Å². The summed E-state index contributed by atoms with van der Waals surface area (Å²) in [6, 6.07) is 6.66. The van der Waals surface area contributed by atoms with Crippen molar-refractivity contribution in [2.45, 2.75) is 11.0 Å². The van der Waals surface area contributed by atoms with E-state index in [0.29, 0.717) is 5.56 Å². The van der Waals surface area contributed by atoms with E-state index in [4.69, 9.17) is 0 Å². The van der Waals surface area contributed by atoms with Gasteiger partial charge in [0, 0.05) is 0 Å². The number of hydrogen-bond acceptors (Lipinski definition) is 1. The van der Waals surface area contributed by atoms with Crippen LogP contribution in [0.25, 0.3) is 0 Å². The average molecular weight is 284 g/mol. The predicted molar refractivity (Wildman–Crippen MR) is 50.8 cm³/mol. The molecule has 66 valence electrons. The van der Waals surface area contributed by atoms with Crippen LogP contribution in [0, 0.1) is 6.92 Å². The molecule has 0 saturated carbocycles. The van der Waals surface area contributed by atoms with E-state index in [9.17, 15) is 8.78 Å². The normalized spacial score (nSPS) is 11.3. The monoisotopic (exact) mass is 284 g/mol. The molecule has 0 saturated heterocycles. The van der Waals surface area contributed by atoms with Gasteiger partial charge in [0.1, 0.15) is 5.75 Å². The number of halogens is 3. The van der Waals surface area contributed by atoms with Gasteiger partial charge in [-0.3, -0.25) is 0 Å². The number of aryl methyl sites for hydroxylation is 1. The van der Waals surface area contributed by atoms with Gasteiger partial charge in [-0.1, -0.05) is 18.2 Å². The highest BCUT2D eigenvalue weighted by atomic mass is 127. The molecule has 1 aromatic carbocycles. The average Bonchev–Trinajstić information content (AvgIpc) is 1.91. The first kappa shape index (κ1) is 9.70. The van der Waals surface area contributed by atoms with Crippen LogP contribution in [0.1, 0.15) is 5.56 Å². The van der Waals surface area contributed by atoms with Crippen molar-refractivity contribution in [1.82, 2.24) is 0 Å². The molecule has 0 aliphatic heterocycles. The Balaban J connectivity index is 2.83. The molecule has 0 aliphatic carbocycles. The summed E-state index contributed by atoms with van der Waals surface area (Å²) in [5.74, 6) is 0.219. The van der Waals surface area contributed by atoms with Crippen LogP contribution >= 0.6 is 22.6 Å². The van der Waals surface area contributed by atoms with Crippen molar-refractivity contribution in [3.05, 3.63) is 29.8 Å². The third-order valence-corrected chi connectivity index (χ3v) is 1.54. The topological polar surface area (TPSA) is 9.23 Å². The van der Waals surface area contributed by atoms with Crippen molar-refractivity contribution in [2.24, 2.45) is 0 Å². The molecule has 0 heterocycles. The molecule has 1 rings (SSSR count). The minimum atomic E-state index is -3.14. The quantitative estimate of drug-likeness (QED) is 0.597. The van der Waals surface area contributed by atoms with Gasteiger partial charge in [0.2, 0.25) is 0 Å². The molecule has 0 fully saturated rings. The van der Waals surface area contributed by atoms with Gasteiger partial charge in [0.25, 0.3) is 0 Å². The fourth-order valence-electron chi connectivity index (χ4n) is 0.796. The molecule has 12 heavy (non-hydrogen) atoms. The van der Waals surface area contributed by atoms with Crippen LogP contribution in [0.2, 0.25) is 0 Å². The number of benzene rings is 1. The summed E-state index contributed by atoms with van der Waals surface area (Å²) in [6.07, 6.45) is 0. The van der Waals surface area contributed by atoms with Crippen LogP contribution in [0.4, 0.5) is 8.78 Å². The van der Waals surface area contributed by atoms with Crippen molar-refractivity contribution in [3.63, 3.8) is 0 Å². The first-order valence-electron chi connectivity index (χ1n) is 3.30. The maximum atomic E-state index is 12.4. The molecule has 0 spiro atoms. The SMILES string of the molecule is Cc1ccccc1OC(F)(F)I. The minimum absolute atomic E-state index is 0.219. The zero-order chi connectivity index (χ0) is 9.19. The molecule has 0 radical (unpaired) electrons. The van der Waals surface area contributed by atoms with Crippen LogP contribution < -0.4 is 4.74 Å². The lowest BCUT2D eigenvalue weighted by molar-refractivity contribution is -0.0695. The van der Waals surface area contributed by atoms with Gasteiger partial charge in [-0.2, -0.15) is 8.78 Å². The highest BCUT2D eigenvalue weighted by molar-refractivity contribution is 14.1. The van der Waals surface area contributed by atoms with Gasteiger partial charge < -0.3 is 4.74 Å². The standard InChI is InChI=1S/C8H7F2IO/c1-6-4-2-3-5-7(6)12-8(9,10)11/h2-5H,1H3. The molecule has 0 aromatic heterocycles. The number of para-hydroxylation sites is 1. The molecular weight excluding hydrogens is 277 g/mol. The second-order valence-corrected chi connectivity index (χ2v) is 3.57. The van der Waals surface area contributed by atoms with E-state index in [1.807, 2.05) is 0 Å². The zero-order valence-corrected chi connectivity index (χ0v) is 8.51. The van der Waals surface area contributed by atoms with Crippen LogP contribution in [0.15, 0.2) is 24.3 Å². The Morgan fingerprint density at radius 2 is 1.92 bits per heavy atom. The Labute approximate surface area is 82.9 Å². The third-order valence-electron chi connectivity index (χ3n) is 1.32. The summed E-state index contributed by atoms with van der Waals surface area (Å²) >= 11 is 0.941. The van der Waals surface area contributed by atoms with Gasteiger partial charge in [-0.05, 0) is 18.6 Å². The van der Waals surface area contributed by atoms with E-state index in [1.165, 1.54) is 6.07 Å². The number of alkyl halides is 3. The lowest BCUT2D eigenvalue weighted by Crippen LogP contribution is -2.15. The molecule has 0 unspecified atom stereocenters. The fraction of sp³-hybridized carbons (Fsp3) is 0.250. The zero-order valence-electron chi connectivity index (χ0n) is 6.35. The van der Waals surface area contributed by atoms with Gasteiger partial charge in [-0.15, -0.1) is 0 Å². The van der Waals surface area contributed by atoms with Crippen LogP contribution in [0.5, 0.6) is 5.75 Å². The minimum Gasteiger partial charge on any atom is -0.425 e. The number of hydrogen-bond donors (Lipinski definition) is 0. The maximum Gasteiger partial charge on any atom is 0.451 e. The van der Waals surface area contributed by atoms with E-state index in [0.717, 1.165) is 22.6 Å². The highest BCUT2D eigenvalue weighted by Gasteiger charge is 2.26. The second-order valence-electron chi connectivity index (χ2n) is 2.31. The van der Waals surface area contributed by atoms with E-state index in [2.05, 4.69) is 4.74 Å². The van der Waals surface area contributed by atoms with Gasteiger partial charge in [0.05, 0.1) is 22.6 Å². The molecule has 4 heteroatoms. The molecule has 1 aromatic rings. The molecule has 0 bridgehead atoms. The van der Waals surface area contributed by atoms with Crippen LogP contribution in [0.3, 0.4) is 0 Å².